The lowest BCUT2D eigenvalue weighted by Crippen LogP contribution is -2.05. The zero-order valence-corrected chi connectivity index (χ0v) is 20.4. The van der Waals surface area contributed by atoms with Crippen molar-refractivity contribution in [1.82, 2.24) is 0 Å². The molecular formula is C27H54O3. The predicted octanol–water partition coefficient (Wildman–Crippen LogP) is 8.81. The van der Waals surface area contributed by atoms with E-state index < -0.39 is 5.97 Å². The number of aliphatic carboxylic acids is 1. The summed E-state index contributed by atoms with van der Waals surface area (Å²) in [6.07, 6.45) is 29.3. The molecule has 0 fully saturated rings. The molecule has 0 spiro atoms. The number of rotatable bonds is 25. The summed E-state index contributed by atoms with van der Waals surface area (Å²) in [5, 5.41) is 18.7. The van der Waals surface area contributed by atoms with Gasteiger partial charge in [-0.1, -0.05) is 135 Å². The molecule has 0 aromatic rings. The van der Waals surface area contributed by atoms with Gasteiger partial charge in [-0.15, -0.1) is 0 Å². The van der Waals surface area contributed by atoms with E-state index in [9.17, 15) is 9.90 Å². The molecule has 30 heavy (non-hydrogen) atoms. The molecule has 0 aromatic carbocycles. The van der Waals surface area contributed by atoms with Crippen LogP contribution in [0.25, 0.3) is 0 Å². The van der Waals surface area contributed by atoms with Crippen molar-refractivity contribution in [2.24, 2.45) is 0 Å². The number of unbranched alkanes of at least 4 members (excludes halogenated alkanes) is 19. The standard InChI is InChI=1S/C27H54O3/c1-2-3-4-5-6-14-17-20-23-26(28)24-21-18-15-12-10-8-7-9-11-13-16-19-22-25-27(29)30/h26,28H,2-25H2,1H3,(H,29,30). The SMILES string of the molecule is CCCCCCCCCCC(O)CCCCCCCCCCCCCCCC(=O)O. The highest BCUT2D eigenvalue weighted by atomic mass is 16.4. The van der Waals surface area contributed by atoms with Gasteiger partial charge in [0, 0.05) is 6.42 Å². The van der Waals surface area contributed by atoms with E-state index >= 15 is 0 Å². The van der Waals surface area contributed by atoms with Crippen LogP contribution >= 0.6 is 0 Å². The maximum atomic E-state index is 10.4. The maximum absolute atomic E-state index is 10.4. The van der Waals surface area contributed by atoms with Crippen LogP contribution in [-0.2, 0) is 4.79 Å². The lowest BCUT2D eigenvalue weighted by atomic mass is 10.0. The fourth-order valence-electron chi connectivity index (χ4n) is 4.26. The number of aliphatic hydroxyl groups is 1. The summed E-state index contributed by atoms with van der Waals surface area (Å²) in [7, 11) is 0. The molecule has 0 saturated heterocycles. The van der Waals surface area contributed by atoms with E-state index in [0.29, 0.717) is 6.42 Å². The summed E-state index contributed by atoms with van der Waals surface area (Å²) in [5.74, 6) is -0.662. The second kappa shape index (κ2) is 24.7. The van der Waals surface area contributed by atoms with Gasteiger partial charge in [-0.3, -0.25) is 4.79 Å². The molecule has 0 aliphatic carbocycles. The van der Waals surface area contributed by atoms with Gasteiger partial charge < -0.3 is 10.2 Å². The third-order valence-corrected chi connectivity index (χ3v) is 6.32. The van der Waals surface area contributed by atoms with Gasteiger partial charge in [-0.25, -0.2) is 0 Å². The Balaban J connectivity index is 3.13. The molecule has 0 amide bonds. The Hall–Kier alpha value is -0.570. The second-order valence-electron chi connectivity index (χ2n) is 9.45. The van der Waals surface area contributed by atoms with E-state index in [0.717, 1.165) is 25.7 Å². The number of hydrogen-bond acceptors (Lipinski definition) is 2. The lowest BCUT2D eigenvalue weighted by molar-refractivity contribution is -0.137. The van der Waals surface area contributed by atoms with Crippen molar-refractivity contribution in [3.63, 3.8) is 0 Å². The van der Waals surface area contributed by atoms with Crippen LogP contribution in [0.4, 0.5) is 0 Å². The Labute approximate surface area is 188 Å². The minimum absolute atomic E-state index is 0.0609. The van der Waals surface area contributed by atoms with Crippen molar-refractivity contribution in [3.8, 4) is 0 Å². The summed E-state index contributed by atoms with van der Waals surface area (Å²) in [5.41, 5.74) is 0. The number of carboxylic acid groups (broad SMARTS) is 1. The third-order valence-electron chi connectivity index (χ3n) is 6.32. The maximum Gasteiger partial charge on any atom is 0.303 e. The van der Waals surface area contributed by atoms with E-state index in [1.54, 1.807) is 0 Å². The molecule has 0 aliphatic heterocycles. The normalized spacial score (nSPS) is 12.3. The Bertz CT molecular complexity index is 343. The Morgan fingerprint density at radius 3 is 1.17 bits per heavy atom. The van der Waals surface area contributed by atoms with Crippen LogP contribution in [-0.4, -0.2) is 22.3 Å². The van der Waals surface area contributed by atoms with Crippen LogP contribution in [0.2, 0.25) is 0 Å². The van der Waals surface area contributed by atoms with Crippen molar-refractivity contribution >= 4 is 5.97 Å². The molecule has 0 bridgehead atoms. The first-order valence-electron chi connectivity index (χ1n) is 13.6. The minimum Gasteiger partial charge on any atom is -0.481 e. The van der Waals surface area contributed by atoms with Gasteiger partial charge in [0.2, 0.25) is 0 Å². The van der Waals surface area contributed by atoms with E-state index in [1.807, 2.05) is 0 Å². The van der Waals surface area contributed by atoms with Crippen molar-refractivity contribution in [2.75, 3.05) is 0 Å². The fourth-order valence-corrected chi connectivity index (χ4v) is 4.26. The molecule has 3 nitrogen and oxygen atoms in total. The average Bonchev–Trinajstić information content (AvgIpc) is 2.72. The molecule has 1 unspecified atom stereocenters. The van der Waals surface area contributed by atoms with E-state index in [1.165, 1.54) is 122 Å². The number of carboxylic acids is 1. The number of aliphatic hydroxyl groups excluding tert-OH is 1. The van der Waals surface area contributed by atoms with Crippen LogP contribution in [0.5, 0.6) is 0 Å². The first-order valence-corrected chi connectivity index (χ1v) is 13.6. The molecule has 0 rings (SSSR count). The van der Waals surface area contributed by atoms with Crippen molar-refractivity contribution in [3.05, 3.63) is 0 Å². The monoisotopic (exact) mass is 426 g/mol. The van der Waals surface area contributed by atoms with Crippen LogP contribution in [0.3, 0.4) is 0 Å². The summed E-state index contributed by atoms with van der Waals surface area (Å²) in [6, 6.07) is 0. The molecular weight excluding hydrogens is 372 g/mol. The molecule has 0 saturated carbocycles. The van der Waals surface area contributed by atoms with Crippen LogP contribution in [0.15, 0.2) is 0 Å². The molecule has 0 aliphatic rings. The zero-order chi connectivity index (χ0) is 22.1. The molecule has 2 N–H and O–H groups in total. The first kappa shape index (κ1) is 29.4. The number of carbonyl (C=O) groups is 1. The molecule has 3 heteroatoms. The molecule has 0 aromatic heterocycles. The molecule has 1 atom stereocenters. The Morgan fingerprint density at radius 1 is 0.533 bits per heavy atom. The van der Waals surface area contributed by atoms with Crippen LogP contribution < -0.4 is 0 Å². The summed E-state index contributed by atoms with van der Waals surface area (Å²) in [6.45, 7) is 2.27. The molecule has 0 heterocycles. The number of hydrogen-bond donors (Lipinski definition) is 2. The highest BCUT2D eigenvalue weighted by molar-refractivity contribution is 5.66. The van der Waals surface area contributed by atoms with E-state index in [-0.39, 0.29) is 6.10 Å². The van der Waals surface area contributed by atoms with Gasteiger partial charge in [0.15, 0.2) is 0 Å². The van der Waals surface area contributed by atoms with Gasteiger partial charge >= 0.3 is 5.97 Å². The average molecular weight is 427 g/mol. The zero-order valence-electron chi connectivity index (χ0n) is 20.4. The first-order chi connectivity index (χ1) is 14.7. The molecule has 0 radical (unpaired) electrons. The minimum atomic E-state index is -0.662. The van der Waals surface area contributed by atoms with Crippen molar-refractivity contribution in [2.45, 2.75) is 167 Å². The summed E-state index contributed by atoms with van der Waals surface area (Å²) < 4.78 is 0. The second-order valence-corrected chi connectivity index (χ2v) is 9.45. The van der Waals surface area contributed by atoms with Gasteiger partial charge in [0.1, 0.15) is 0 Å². The van der Waals surface area contributed by atoms with Crippen molar-refractivity contribution in [1.29, 1.82) is 0 Å². The van der Waals surface area contributed by atoms with Gasteiger partial charge in [-0.05, 0) is 19.3 Å². The fraction of sp³-hybridized carbons (Fsp3) is 0.963. The van der Waals surface area contributed by atoms with E-state index in [4.69, 9.17) is 5.11 Å². The van der Waals surface area contributed by atoms with Crippen molar-refractivity contribution < 1.29 is 15.0 Å². The quantitative estimate of drug-likeness (QED) is 0.143. The topological polar surface area (TPSA) is 57.5 Å². The smallest absolute Gasteiger partial charge is 0.303 e. The summed E-state index contributed by atoms with van der Waals surface area (Å²) in [4.78, 5) is 10.4. The largest absolute Gasteiger partial charge is 0.481 e. The van der Waals surface area contributed by atoms with Gasteiger partial charge in [0.25, 0.3) is 0 Å². The van der Waals surface area contributed by atoms with Crippen LogP contribution in [0, 0.1) is 0 Å². The third kappa shape index (κ3) is 25.5. The van der Waals surface area contributed by atoms with Gasteiger partial charge in [-0.2, -0.15) is 0 Å². The summed E-state index contributed by atoms with van der Waals surface area (Å²) >= 11 is 0. The Morgan fingerprint density at radius 2 is 0.833 bits per heavy atom. The lowest BCUT2D eigenvalue weighted by Gasteiger charge is -2.10. The predicted molar refractivity (Wildman–Crippen MR) is 130 cm³/mol. The van der Waals surface area contributed by atoms with Gasteiger partial charge in [0.05, 0.1) is 6.10 Å². The van der Waals surface area contributed by atoms with E-state index in [2.05, 4.69) is 6.92 Å². The highest BCUT2D eigenvalue weighted by Crippen LogP contribution is 2.16. The Kier molecular flexibility index (Phi) is 24.2. The highest BCUT2D eigenvalue weighted by Gasteiger charge is 2.04. The molecule has 180 valence electrons. The van der Waals surface area contributed by atoms with Crippen LogP contribution in [0.1, 0.15) is 161 Å².